The summed E-state index contributed by atoms with van der Waals surface area (Å²) in [6.07, 6.45) is 1.54. The average molecular weight is 274 g/mol. The van der Waals surface area contributed by atoms with Crippen LogP contribution in [0.3, 0.4) is 0 Å². The maximum absolute atomic E-state index is 10.3. The van der Waals surface area contributed by atoms with E-state index in [1.807, 2.05) is 41.9 Å². The van der Waals surface area contributed by atoms with Gasteiger partial charge in [-0.25, -0.2) is 4.98 Å². The van der Waals surface area contributed by atoms with Crippen molar-refractivity contribution in [3.63, 3.8) is 0 Å². The van der Waals surface area contributed by atoms with Crippen LogP contribution in [-0.2, 0) is 18.4 Å². The fraction of sp³-hybridized carbons (Fsp3) is 0.467. The van der Waals surface area contributed by atoms with Crippen molar-refractivity contribution < 1.29 is 5.11 Å². The third-order valence-corrected chi connectivity index (χ3v) is 3.98. The molecule has 0 aliphatic rings. The van der Waals surface area contributed by atoms with Gasteiger partial charge in [0, 0.05) is 24.9 Å². The summed E-state index contributed by atoms with van der Waals surface area (Å²) in [5.41, 5.74) is 6.52. The monoisotopic (exact) mass is 274 g/mol. The maximum atomic E-state index is 10.3. The summed E-state index contributed by atoms with van der Waals surface area (Å²) in [6.45, 7) is 4.91. The molecule has 5 nitrogen and oxygen atoms in total. The first-order valence-electron chi connectivity index (χ1n) is 6.94. The highest BCUT2D eigenvalue weighted by molar-refractivity contribution is 5.29. The minimum absolute atomic E-state index is 0.352. The van der Waals surface area contributed by atoms with Crippen LogP contribution in [0.2, 0.25) is 0 Å². The summed E-state index contributed by atoms with van der Waals surface area (Å²) in [5.74, 6) is 0.850. The fourth-order valence-corrected chi connectivity index (χ4v) is 2.59. The molecule has 2 aromatic rings. The highest BCUT2D eigenvalue weighted by Gasteiger charge is 2.37. The van der Waals surface area contributed by atoms with Crippen LogP contribution in [0, 0.1) is 0 Å². The molecule has 20 heavy (non-hydrogen) atoms. The minimum atomic E-state index is -0.572. The molecular formula is C15H22N4O. The molecule has 0 spiro atoms. The van der Waals surface area contributed by atoms with Crippen molar-refractivity contribution in [2.45, 2.75) is 38.3 Å². The molecule has 2 rings (SSSR count). The van der Waals surface area contributed by atoms with Gasteiger partial charge in [-0.15, -0.1) is 0 Å². The summed E-state index contributed by atoms with van der Waals surface area (Å²) in [7, 11) is 0. The van der Waals surface area contributed by atoms with E-state index in [1.165, 1.54) is 0 Å². The smallest absolute Gasteiger partial charge is 0.138 e. The molecule has 108 valence electrons. The molecule has 0 saturated heterocycles. The summed E-state index contributed by atoms with van der Waals surface area (Å²) < 4.78 is 1.84. The Bertz CT molecular complexity index is 538. The van der Waals surface area contributed by atoms with Crippen LogP contribution < -0.4 is 5.73 Å². The lowest BCUT2D eigenvalue weighted by Gasteiger charge is -2.35. The van der Waals surface area contributed by atoms with Crippen LogP contribution in [0.15, 0.2) is 36.7 Å². The lowest BCUT2D eigenvalue weighted by molar-refractivity contribution is 0.0980. The normalized spacial score (nSPS) is 15.8. The number of aromatic nitrogens is 3. The molecule has 2 unspecified atom stereocenters. The molecule has 0 fully saturated rings. The third-order valence-electron chi connectivity index (χ3n) is 3.98. The lowest BCUT2D eigenvalue weighted by Crippen LogP contribution is -2.47. The first-order chi connectivity index (χ1) is 9.64. The van der Waals surface area contributed by atoms with Gasteiger partial charge in [0.2, 0.25) is 0 Å². The van der Waals surface area contributed by atoms with E-state index in [4.69, 9.17) is 5.73 Å². The topological polar surface area (TPSA) is 77.0 Å². The van der Waals surface area contributed by atoms with Crippen molar-refractivity contribution in [1.82, 2.24) is 14.8 Å². The van der Waals surface area contributed by atoms with Crippen LogP contribution in [0.25, 0.3) is 0 Å². The Morgan fingerprint density at radius 2 is 2.05 bits per heavy atom. The molecule has 0 aliphatic heterocycles. The Kier molecular flexibility index (Phi) is 4.52. The van der Waals surface area contributed by atoms with Gasteiger partial charge in [-0.2, -0.15) is 5.10 Å². The zero-order chi connectivity index (χ0) is 14.6. The van der Waals surface area contributed by atoms with Gasteiger partial charge in [-0.1, -0.05) is 30.3 Å². The summed E-state index contributed by atoms with van der Waals surface area (Å²) in [4.78, 5) is 4.31. The third kappa shape index (κ3) is 2.59. The van der Waals surface area contributed by atoms with Gasteiger partial charge in [0.15, 0.2) is 0 Å². The Hall–Kier alpha value is -1.72. The van der Waals surface area contributed by atoms with Gasteiger partial charge >= 0.3 is 0 Å². The van der Waals surface area contributed by atoms with E-state index in [2.05, 4.69) is 10.1 Å². The van der Waals surface area contributed by atoms with Gasteiger partial charge in [0.05, 0.1) is 6.10 Å². The zero-order valence-corrected chi connectivity index (χ0v) is 12.0. The Morgan fingerprint density at radius 3 is 2.60 bits per heavy atom. The fourth-order valence-electron chi connectivity index (χ4n) is 2.59. The van der Waals surface area contributed by atoms with E-state index in [1.54, 1.807) is 13.3 Å². The van der Waals surface area contributed by atoms with Crippen molar-refractivity contribution in [1.29, 1.82) is 0 Å². The number of aliphatic hydroxyl groups excluding tert-OH is 1. The van der Waals surface area contributed by atoms with Crippen LogP contribution in [0.4, 0.5) is 0 Å². The molecule has 1 heterocycles. The van der Waals surface area contributed by atoms with E-state index in [9.17, 15) is 5.11 Å². The number of nitrogens with two attached hydrogens (primary N) is 1. The highest BCUT2D eigenvalue weighted by atomic mass is 16.3. The molecule has 5 heteroatoms. The number of aliphatic hydroxyl groups is 1. The zero-order valence-electron chi connectivity index (χ0n) is 12.0. The second kappa shape index (κ2) is 6.15. The number of nitrogens with zero attached hydrogens (tertiary/aromatic N) is 3. The molecule has 2 atom stereocenters. The van der Waals surface area contributed by atoms with Gasteiger partial charge in [0.25, 0.3) is 0 Å². The Labute approximate surface area is 119 Å². The van der Waals surface area contributed by atoms with Gasteiger partial charge in [-0.05, 0) is 19.4 Å². The number of rotatable bonds is 6. The Balaban J connectivity index is 2.43. The molecule has 1 aromatic heterocycles. The molecule has 0 saturated carbocycles. The van der Waals surface area contributed by atoms with Crippen LogP contribution in [0.1, 0.15) is 25.2 Å². The van der Waals surface area contributed by atoms with E-state index in [0.717, 1.165) is 17.9 Å². The van der Waals surface area contributed by atoms with E-state index in [-0.39, 0.29) is 0 Å². The Morgan fingerprint density at radius 1 is 1.35 bits per heavy atom. The second-order valence-corrected chi connectivity index (χ2v) is 5.07. The molecule has 0 radical (unpaired) electrons. The van der Waals surface area contributed by atoms with E-state index >= 15 is 0 Å². The average Bonchev–Trinajstić information content (AvgIpc) is 2.92. The molecule has 0 bridgehead atoms. The van der Waals surface area contributed by atoms with Crippen LogP contribution >= 0.6 is 0 Å². The van der Waals surface area contributed by atoms with Crippen LogP contribution in [-0.4, -0.2) is 32.5 Å². The number of aryl methyl sites for hydroxylation is 1. The van der Waals surface area contributed by atoms with Crippen molar-refractivity contribution in [2.24, 2.45) is 5.73 Å². The van der Waals surface area contributed by atoms with E-state index in [0.29, 0.717) is 13.0 Å². The van der Waals surface area contributed by atoms with Crippen molar-refractivity contribution in [3.05, 3.63) is 48.0 Å². The van der Waals surface area contributed by atoms with Crippen molar-refractivity contribution in [2.75, 3.05) is 6.54 Å². The first-order valence-corrected chi connectivity index (χ1v) is 6.94. The number of hydrogen-bond acceptors (Lipinski definition) is 4. The SMILES string of the molecule is CCn1ncnc1CC(CN)(c1ccccc1)C(C)O. The van der Waals surface area contributed by atoms with Crippen LogP contribution in [0.5, 0.6) is 0 Å². The summed E-state index contributed by atoms with van der Waals surface area (Å²) in [5, 5.41) is 14.5. The van der Waals surface area contributed by atoms with Crippen molar-refractivity contribution >= 4 is 0 Å². The van der Waals surface area contributed by atoms with E-state index < -0.39 is 11.5 Å². The van der Waals surface area contributed by atoms with Gasteiger partial charge < -0.3 is 10.8 Å². The predicted octanol–water partition coefficient (Wildman–Crippen LogP) is 1.12. The lowest BCUT2D eigenvalue weighted by atomic mass is 9.73. The number of hydrogen-bond donors (Lipinski definition) is 2. The standard InChI is InChI=1S/C15H22N4O/c1-3-19-14(17-11-18-19)9-15(10-16,12(2)20)13-7-5-4-6-8-13/h4-8,11-12,20H,3,9-10,16H2,1-2H3. The predicted molar refractivity (Wildman–Crippen MR) is 78.3 cm³/mol. The quantitative estimate of drug-likeness (QED) is 0.827. The largest absolute Gasteiger partial charge is 0.392 e. The summed E-state index contributed by atoms with van der Waals surface area (Å²) >= 11 is 0. The van der Waals surface area contributed by atoms with Crippen molar-refractivity contribution in [3.8, 4) is 0 Å². The van der Waals surface area contributed by atoms with Gasteiger partial charge in [-0.3, -0.25) is 4.68 Å². The molecule has 0 aliphatic carbocycles. The molecule has 1 aromatic carbocycles. The molecular weight excluding hydrogens is 252 g/mol. The highest BCUT2D eigenvalue weighted by Crippen LogP contribution is 2.30. The summed E-state index contributed by atoms with van der Waals surface area (Å²) in [6, 6.07) is 9.90. The first kappa shape index (κ1) is 14.7. The second-order valence-electron chi connectivity index (χ2n) is 5.07. The number of benzene rings is 1. The van der Waals surface area contributed by atoms with Gasteiger partial charge in [0.1, 0.15) is 12.2 Å². The minimum Gasteiger partial charge on any atom is -0.392 e. The molecule has 0 amide bonds. The maximum Gasteiger partial charge on any atom is 0.138 e. The molecule has 3 N–H and O–H groups in total.